The summed E-state index contributed by atoms with van der Waals surface area (Å²) >= 11 is 11.0. The van der Waals surface area contributed by atoms with Gasteiger partial charge in [-0.05, 0) is 17.9 Å². The van der Waals surface area contributed by atoms with Crippen molar-refractivity contribution < 1.29 is 0 Å². The minimum Gasteiger partial charge on any atom is -0.354 e. The van der Waals surface area contributed by atoms with Crippen LogP contribution in [0.3, 0.4) is 0 Å². The molecular formula is C11H6ClN3S. The van der Waals surface area contributed by atoms with Crippen molar-refractivity contribution in [1.82, 2.24) is 15.0 Å². The average molecular weight is 248 g/mol. The Kier molecular flexibility index (Phi) is 3.30. The first kappa shape index (κ1) is 10.8. The molecule has 0 fully saturated rings. The van der Waals surface area contributed by atoms with Crippen LogP contribution in [0.15, 0.2) is 30.9 Å². The third-order valence-corrected chi connectivity index (χ3v) is 2.62. The van der Waals surface area contributed by atoms with Gasteiger partial charge in [0.25, 0.3) is 0 Å². The van der Waals surface area contributed by atoms with Crippen LogP contribution >= 0.6 is 23.8 Å². The zero-order valence-corrected chi connectivity index (χ0v) is 9.64. The van der Waals surface area contributed by atoms with Gasteiger partial charge in [0, 0.05) is 18.6 Å². The fourth-order valence-corrected chi connectivity index (χ4v) is 1.38. The number of H-pyrrole nitrogens is 1. The van der Waals surface area contributed by atoms with E-state index in [1.165, 1.54) is 0 Å². The summed E-state index contributed by atoms with van der Waals surface area (Å²) in [6.45, 7) is 0. The molecule has 5 heteroatoms. The number of pyridine rings is 1. The third kappa shape index (κ3) is 2.45. The van der Waals surface area contributed by atoms with Crippen LogP contribution in [-0.4, -0.2) is 15.0 Å². The summed E-state index contributed by atoms with van der Waals surface area (Å²) in [7, 11) is 0. The van der Waals surface area contributed by atoms with Crippen LogP contribution in [0, 0.1) is 16.4 Å². The maximum absolute atomic E-state index is 5.99. The van der Waals surface area contributed by atoms with Gasteiger partial charge in [0.15, 0.2) is 0 Å². The van der Waals surface area contributed by atoms with Gasteiger partial charge < -0.3 is 4.98 Å². The average Bonchev–Trinajstić information content (AvgIpc) is 2.32. The van der Waals surface area contributed by atoms with Crippen LogP contribution in [0.25, 0.3) is 0 Å². The number of nitrogens with one attached hydrogen (secondary N) is 1. The molecule has 0 aliphatic carbocycles. The lowest BCUT2D eigenvalue weighted by molar-refractivity contribution is 1.17. The topological polar surface area (TPSA) is 41.6 Å². The molecule has 0 unspecified atom stereocenters. The molecule has 2 aromatic rings. The quantitative estimate of drug-likeness (QED) is 0.575. The second kappa shape index (κ2) is 4.88. The van der Waals surface area contributed by atoms with Crippen molar-refractivity contribution in [3.63, 3.8) is 0 Å². The fraction of sp³-hybridized carbons (Fsp3) is 0. The van der Waals surface area contributed by atoms with Crippen LogP contribution in [0.4, 0.5) is 0 Å². The molecular weight excluding hydrogens is 242 g/mol. The predicted molar refractivity (Wildman–Crippen MR) is 64.6 cm³/mol. The Morgan fingerprint density at radius 3 is 2.94 bits per heavy atom. The molecule has 0 spiro atoms. The molecule has 0 bridgehead atoms. The van der Waals surface area contributed by atoms with E-state index >= 15 is 0 Å². The van der Waals surface area contributed by atoms with E-state index in [-0.39, 0.29) is 0 Å². The van der Waals surface area contributed by atoms with E-state index in [1.807, 2.05) is 0 Å². The summed E-state index contributed by atoms with van der Waals surface area (Å²) in [5, 5.41) is 0.453. The Balaban J connectivity index is 2.39. The summed E-state index contributed by atoms with van der Waals surface area (Å²) in [5.41, 5.74) is 1.17. The van der Waals surface area contributed by atoms with Crippen molar-refractivity contribution in [2.45, 2.75) is 0 Å². The number of hydrogen-bond donors (Lipinski definition) is 1. The van der Waals surface area contributed by atoms with E-state index in [0.29, 0.717) is 20.9 Å². The summed E-state index contributed by atoms with van der Waals surface area (Å²) in [4.78, 5) is 10.9. The summed E-state index contributed by atoms with van der Waals surface area (Å²) < 4.78 is 0.573. The molecule has 0 atom stereocenters. The second-order valence-corrected chi connectivity index (χ2v) is 3.69. The minimum absolute atomic E-state index is 0.453. The Morgan fingerprint density at radius 1 is 1.31 bits per heavy atom. The molecule has 0 radical (unpaired) electrons. The highest BCUT2D eigenvalue weighted by Gasteiger charge is 1.97. The van der Waals surface area contributed by atoms with E-state index in [2.05, 4.69) is 26.8 Å². The van der Waals surface area contributed by atoms with E-state index in [4.69, 9.17) is 23.8 Å². The summed E-state index contributed by atoms with van der Waals surface area (Å²) in [5.74, 6) is 5.71. The number of hydrogen-bond acceptors (Lipinski definition) is 3. The number of halogens is 1. The van der Waals surface area contributed by atoms with Gasteiger partial charge in [0.2, 0.25) is 0 Å². The second-order valence-electron chi connectivity index (χ2n) is 2.87. The Hall–Kier alpha value is -1.70. The molecule has 0 aliphatic heterocycles. The zero-order valence-electron chi connectivity index (χ0n) is 8.07. The van der Waals surface area contributed by atoms with Crippen LogP contribution in [-0.2, 0) is 0 Å². The lowest BCUT2D eigenvalue weighted by Gasteiger charge is -1.94. The van der Waals surface area contributed by atoms with E-state index in [0.717, 1.165) is 0 Å². The molecule has 0 saturated carbocycles. The van der Waals surface area contributed by atoms with E-state index in [9.17, 15) is 0 Å². The van der Waals surface area contributed by atoms with Gasteiger partial charge in [-0.3, -0.25) is 4.98 Å². The molecule has 16 heavy (non-hydrogen) atoms. The van der Waals surface area contributed by atoms with Crippen molar-refractivity contribution in [2.75, 3.05) is 0 Å². The first-order valence-electron chi connectivity index (χ1n) is 4.42. The van der Waals surface area contributed by atoms with Gasteiger partial charge in [-0.15, -0.1) is 0 Å². The molecule has 0 saturated heterocycles. The Labute approximate surface area is 103 Å². The van der Waals surface area contributed by atoms with Crippen molar-refractivity contribution in [3.05, 3.63) is 51.8 Å². The number of aromatic amines is 1. The van der Waals surface area contributed by atoms with Crippen LogP contribution in [0.2, 0.25) is 5.02 Å². The molecule has 2 rings (SSSR count). The fourth-order valence-electron chi connectivity index (χ4n) is 1.04. The monoisotopic (exact) mass is 247 g/mol. The van der Waals surface area contributed by atoms with Gasteiger partial charge in [0.1, 0.15) is 11.4 Å². The molecule has 1 N–H and O–H groups in total. The van der Waals surface area contributed by atoms with E-state index in [1.54, 1.807) is 30.9 Å². The van der Waals surface area contributed by atoms with Crippen LogP contribution < -0.4 is 0 Å². The van der Waals surface area contributed by atoms with Gasteiger partial charge in [-0.1, -0.05) is 23.8 Å². The van der Waals surface area contributed by atoms with Gasteiger partial charge >= 0.3 is 0 Å². The van der Waals surface area contributed by atoms with Crippen LogP contribution in [0.1, 0.15) is 11.4 Å². The normalized spacial score (nSPS) is 9.31. The zero-order chi connectivity index (χ0) is 11.4. The van der Waals surface area contributed by atoms with Crippen molar-refractivity contribution >= 4 is 23.8 Å². The number of rotatable bonds is 0. The highest BCUT2D eigenvalue weighted by atomic mass is 35.5. The molecule has 78 valence electrons. The molecule has 0 aliphatic rings. The van der Waals surface area contributed by atoms with Gasteiger partial charge in [0.05, 0.1) is 15.7 Å². The Morgan fingerprint density at radius 2 is 2.19 bits per heavy atom. The first-order valence-corrected chi connectivity index (χ1v) is 5.21. The smallest absolute Gasteiger partial charge is 0.131 e. The van der Waals surface area contributed by atoms with Crippen molar-refractivity contribution in [3.8, 4) is 11.8 Å². The summed E-state index contributed by atoms with van der Waals surface area (Å²) in [6.07, 6.45) is 6.46. The van der Waals surface area contributed by atoms with E-state index < -0.39 is 0 Å². The Bertz CT molecular complexity index is 610. The molecule has 2 heterocycles. The third-order valence-electron chi connectivity index (χ3n) is 1.78. The maximum atomic E-state index is 5.99. The molecule has 0 amide bonds. The molecule has 3 nitrogen and oxygen atoms in total. The van der Waals surface area contributed by atoms with Gasteiger partial charge in [-0.25, -0.2) is 4.98 Å². The molecule has 0 aromatic carbocycles. The number of aromatic nitrogens is 3. The highest BCUT2D eigenvalue weighted by molar-refractivity contribution is 7.71. The standard InChI is InChI=1S/C11H6ClN3S/c12-11-9(15-4-3-10(11)16)2-1-8-7-13-5-6-14-8/h3-7H,(H,15,16). The minimum atomic E-state index is 0.453. The largest absolute Gasteiger partial charge is 0.354 e. The lowest BCUT2D eigenvalue weighted by Crippen LogP contribution is -1.86. The summed E-state index contributed by atoms with van der Waals surface area (Å²) in [6, 6.07) is 1.71. The first-order chi connectivity index (χ1) is 7.77. The van der Waals surface area contributed by atoms with Crippen LogP contribution in [0.5, 0.6) is 0 Å². The number of nitrogens with zero attached hydrogens (tertiary/aromatic N) is 2. The highest BCUT2D eigenvalue weighted by Crippen LogP contribution is 2.13. The predicted octanol–water partition coefficient (Wildman–Crippen LogP) is 2.59. The SMILES string of the molecule is S=c1cc[nH]c(C#Cc2cnccn2)c1Cl. The molecule has 2 aromatic heterocycles. The van der Waals surface area contributed by atoms with Crippen molar-refractivity contribution in [1.29, 1.82) is 0 Å². The van der Waals surface area contributed by atoms with Crippen molar-refractivity contribution in [2.24, 2.45) is 0 Å². The lowest BCUT2D eigenvalue weighted by atomic mass is 10.3. The van der Waals surface area contributed by atoms with Gasteiger partial charge in [-0.2, -0.15) is 0 Å². The maximum Gasteiger partial charge on any atom is 0.131 e.